The van der Waals surface area contributed by atoms with Gasteiger partial charge >= 0.3 is 0 Å². The van der Waals surface area contributed by atoms with Gasteiger partial charge in [0.2, 0.25) is 11.6 Å². The van der Waals surface area contributed by atoms with Crippen molar-refractivity contribution < 1.29 is 4.52 Å². The maximum absolute atomic E-state index is 4.93. The van der Waals surface area contributed by atoms with Gasteiger partial charge in [0.15, 0.2) is 5.69 Å². The molecule has 70 valence electrons. The summed E-state index contributed by atoms with van der Waals surface area (Å²) < 4.78 is 4.93. The van der Waals surface area contributed by atoms with Crippen LogP contribution in [-0.4, -0.2) is 25.4 Å². The Kier molecular flexibility index (Phi) is 1.99. The largest absolute Gasteiger partial charge is 0.347 e. The molecule has 2 heterocycles. The van der Waals surface area contributed by atoms with Crippen molar-refractivity contribution >= 4 is 0 Å². The summed E-state index contributed by atoms with van der Waals surface area (Å²) in [5.74, 6) is 6.38. The number of rotatable bonds is 1. The quantitative estimate of drug-likeness (QED) is 0.601. The predicted octanol–water partition coefficient (Wildman–Crippen LogP) is 0.236. The first-order valence-electron chi connectivity index (χ1n) is 3.93. The minimum atomic E-state index is 0.431. The minimum Gasteiger partial charge on any atom is -0.347 e. The first kappa shape index (κ1) is 8.44. The lowest BCUT2D eigenvalue weighted by Gasteiger charge is -1.79. The number of hydrogen-bond acceptors (Lipinski definition) is 5. The Morgan fingerprint density at radius 3 is 3.00 bits per heavy atom. The summed E-state index contributed by atoms with van der Waals surface area (Å²) >= 11 is 0. The fourth-order valence-electron chi connectivity index (χ4n) is 0.949. The van der Waals surface area contributed by atoms with E-state index in [4.69, 9.17) is 4.52 Å². The van der Waals surface area contributed by atoms with Gasteiger partial charge in [-0.25, -0.2) is 0 Å². The Bertz CT molecular complexity index is 501. The smallest absolute Gasteiger partial charge is 0.226 e. The fraction of sp³-hybridized carbons (Fsp3) is 0.250. The summed E-state index contributed by atoms with van der Waals surface area (Å²) in [4.78, 5) is 1.36. The van der Waals surface area contributed by atoms with Crippen molar-refractivity contribution in [2.75, 3.05) is 0 Å². The zero-order valence-corrected chi connectivity index (χ0v) is 7.72. The molecule has 0 aliphatic rings. The van der Waals surface area contributed by atoms with Gasteiger partial charge in [-0.05, 0) is 18.1 Å². The van der Waals surface area contributed by atoms with Crippen LogP contribution in [0.15, 0.2) is 10.6 Å². The lowest BCUT2D eigenvalue weighted by atomic mass is 10.3. The van der Waals surface area contributed by atoms with E-state index in [1.54, 1.807) is 20.0 Å². The van der Waals surface area contributed by atoms with Crippen molar-refractivity contribution in [3.63, 3.8) is 0 Å². The second kappa shape index (κ2) is 3.30. The van der Waals surface area contributed by atoms with E-state index in [1.165, 1.54) is 4.80 Å². The van der Waals surface area contributed by atoms with Crippen LogP contribution < -0.4 is 0 Å². The van der Waals surface area contributed by atoms with E-state index < -0.39 is 0 Å². The maximum Gasteiger partial charge on any atom is 0.226 e. The van der Waals surface area contributed by atoms with E-state index >= 15 is 0 Å². The van der Waals surface area contributed by atoms with E-state index in [0.29, 0.717) is 17.3 Å². The van der Waals surface area contributed by atoms with Crippen LogP contribution in [0.4, 0.5) is 0 Å². The number of aryl methyl sites for hydroxylation is 1. The second-order valence-electron chi connectivity index (χ2n) is 2.55. The number of nitrogens with zero attached hydrogens (tertiary/aromatic N) is 5. The topological polar surface area (TPSA) is 69.6 Å². The van der Waals surface area contributed by atoms with E-state index in [2.05, 4.69) is 32.4 Å². The summed E-state index contributed by atoms with van der Waals surface area (Å²) in [5, 5.41) is 15.2. The lowest BCUT2D eigenvalue weighted by Crippen LogP contribution is -1.91. The normalized spacial score (nSPS) is 9.57. The monoisotopic (exact) mass is 189 g/mol. The second-order valence-corrected chi connectivity index (χ2v) is 2.55. The highest BCUT2D eigenvalue weighted by Gasteiger charge is 2.09. The van der Waals surface area contributed by atoms with Gasteiger partial charge in [0, 0.05) is 6.07 Å². The van der Waals surface area contributed by atoms with Crippen molar-refractivity contribution in [2.24, 2.45) is 7.05 Å². The molecule has 14 heavy (non-hydrogen) atoms. The number of hydrogen-bond donors (Lipinski definition) is 0. The molecule has 0 saturated carbocycles. The average Bonchev–Trinajstić information content (AvgIpc) is 2.74. The molecule has 0 atom stereocenters. The third-order valence-electron chi connectivity index (χ3n) is 1.50. The highest BCUT2D eigenvalue weighted by molar-refractivity contribution is 5.49. The van der Waals surface area contributed by atoms with E-state index in [9.17, 15) is 0 Å². The Balaban J connectivity index is 2.36. The van der Waals surface area contributed by atoms with Gasteiger partial charge in [-0.2, -0.15) is 4.80 Å². The van der Waals surface area contributed by atoms with Gasteiger partial charge in [0.25, 0.3) is 0 Å². The maximum atomic E-state index is 4.93. The molecule has 2 aromatic rings. The minimum absolute atomic E-state index is 0.431. The standard InChI is InChI=1S/C8H7N5O/c1-3-4-6-5-7(11-14-6)8-9-12-13(2)10-8/h5H,1-2H3. The van der Waals surface area contributed by atoms with Crippen LogP contribution in [-0.2, 0) is 7.05 Å². The van der Waals surface area contributed by atoms with Gasteiger partial charge in [-0.15, -0.1) is 10.2 Å². The summed E-state index contributed by atoms with van der Waals surface area (Å²) in [6.45, 7) is 1.72. The SMILES string of the molecule is CC#Cc1cc(-c2nnn(C)n2)no1. The zero-order valence-electron chi connectivity index (χ0n) is 7.72. The summed E-state index contributed by atoms with van der Waals surface area (Å²) in [6, 6.07) is 1.67. The molecule has 0 aliphatic heterocycles. The van der Waals surface area contributed by atoms with Crippen LogP contribution in [0.5, 0.6) is 0 Å². The molecule has 0 aliphatic carbocycles. The van der Waals surface area contributed by atoms with Crippen LogP contribution in [0.25, 0.3) is 11.5 Å². The molecule has 6 heteroatoms. The lowest BCUT2D eigenvalue weighted by molar-refractivity contribution is 0.413. The number of tetrazole rings is 1. The van der Waals surface area contributed by atoms with Crippen LogP contribution in [0.3, 0.4) is 0 Å². The summed E-state index contributed by atoms with van der Waals surface area (Å²) in [6.07, 6.45) is 0. The van der Waals surface area contributed by atoms with E-state index in [-0.39, 0.29) is 0 Å². The third kappa shape index (κ3) is 1.47. The van der Waals surface area contributed by atoms with Gasteiger partial charge in [-0.3, -0.25) is 0 Å². The van der Waals surface area contributed by atoms with Crippen LogP contribution in [0.1, 0.15) is 12.7 Å². The Hall–Kier alpha value is -2.16. The van der Waals surface area contributed by atoms with Crippen molar-refractivity contribution in [3.8, 4) is 23.4 Å². The molecule has 0 amide bonds. The highest BCUT2D eigenvalue weighted by atomic mass is 16.5. The van der Waals surface area contributed by atoms with Crippen LogP contribution in [0.2, 0.25) is 0 Å². The van der Waals surface area contributed by atoms with Crippen molar-refractivity contribution in [1.82, 2.24) is 25.4 Å². The average molecular weight is 189 g/mol. The molecule has 0 fully saturated rings. The first-order valence-corrected chi connectivity index (χ1v) is 3.93. The molecule has 0 N–H and O–H groups in total. The van der Waals surface area contributed by atoms with Crippen LogP contribution in [0, 0.1) is 11.8 Å². The summed E-state index contributed by atoms with van der Waals surface area (Å²) in [5.41, 5.74) is 0.538. The Morgan fingerprint density at radius 1 is 1.50 bits per heavy atom. The fourth-order valence-corrected chi connectivity index (χ4v) is 0.949. The molecular formula is C8H7N5O. The van der Waals surface area contributed by atoms with Crippen molar-refractivity contribution in [3.05, 3.63) is 11.8 Å². The third-order valence-corrected chi connectivity index (χ3v) is 1.50. The molecule has 6 nitrogen and oxygen atoms in total. The predicted molar refractivity (Wildman–Crippen MR) is 46.8 cm³/mol. The van der Waals surface area contributed by atoms with Gasteiger partial charge in [0.05, 0.1) is 7.05 Å². The molecule has 0 unspecified atom stereocenters. The molecule has 0 radical (unpaired) electrons. The van der Waals surface area contributed by atoms with E-state index in [1.807, 2.05) is 0 Å². The Morgan fingerprint density at radius 2 is 2.36 bits per heavy atom. The van der Waals surface area contributed by atoms with Crippen molar-refractivity contribution in [1.29, 1.82) is 0 Å². The molecule has 0 aromatic carbocycles. The first-order chi connectivity index (χ1) is 6.79. The van der Waals surface area contributed by atoms with Gasteiger partial charge in [0.1, 0.15) is 0 Å². The molecule has 0 spiro atoms. The molecular weight excluding hydrogens is 182 g/mol. The highest BCUT2D eigenvalue weighted by Crippen LogP contribution is 2.12. The molecule has 2 aromatic heterocycles. The van der Waals surface area contributed by atoms with Crippen molar-refractivity contribution in [2.45, 2.75) is 6.92 Å². The van der Waals surface area contributed by atoms with E-state index in [0.717, 1.165) is 0 Å². The van der Waals surface area contributed by atoms with Crippen LogP contribution >= 0.6 is 0 Å². The zero-order chi connectivity index (χ0) is 9.97. The molecule has 0 bridgehead atoms. The van der Waals surface area contributed by atoms with Gasteiger partial charge < -0.3 is 4.52 Å². The molecule has 0 saturated heterocycles. The summed E-state index contributed by atoms with van der Waals surface area (Å²) in [7, 11) is 1.68. The Labute approximate surface area is 79.9 Å². The van der Waals surface area contributed by atoms with Gasteiger partial charge in [-0.1, -0.05) is 11.1 Å². The number of aromatic nitrogens is 5. The molecule has 2 rings (SSSR count).